The number of phosphoric ester groups is 1. The number of phosphoric acid groups is 1. The molecule has 0 spiro atoms. The van der Waals surface area contributed by atoms with Gasteiger partial charge in [-0.2, -0.15) is 0 Å². The Morgan fingerprint density at radius 2 is 0.713 bits per heavy atom. The SMILES string of the molecule is CC/C=C\C/C=C\C/C=C\C/C=C\C/C=C\C/C=C\CCCCCCCCCCCCCCCCCCC(=O)NC(COP(=O)([O-])OCC[N+](C)(C)C)C(O)/C=C/CC/C=C/CCCCCCCCCCCCCCCCCCCCCCCCCC. The number of carbonyl (C=O) groups excluding carboxylic acids is 1. The van der Waals surface area contributed by atoms with Crippen LogP contribution in [0.3, 0.4) is 0 Å². The molecule has 0 saturated heterocycles. The number of carbonyl (C=O) groups is 1. The third-order valence-electron chi connectivity index (χ3n) is 16.5. The summed E-state index contributed by atoms with van der Waals surface area (Å²) in [5.74, 6) is -0.205. The lowest BCUT2D eigenvalue weighted by molar-refractivity contribution is -0.870. The van der Waals surface area contributed by atoms with E-state index in [9.17, 15) is 19.4 Å². The van der Waals surface area contributed by atoms with Crippen molar-refractivity contribution in [2.45, 2.75) is 353 Å². The first-order valence-corrected chi connectivity index (χ1v) is 38.6. The molecule has 1 amide bonds. The van der Waals surface area contributed by atoms with E-state index in [1.807, 2.05) is 27.2 Å². The molecule has 3 atom stereocenters. The van der Waals surface area contributed by atoms with Crippen molar-refractivity contribution in [2.24, 2.45) is 0 Å². The van der Waals surface area contributed by atoms with Crippen molar-refractivity contribution in [1.82, 2.24) is 5.32 Å². The predicted molar refractivity (Wildman–Crippen MR) is 380 cm³/mol. The highest BCUT2D eigenvalue weighted by molar-refractivity contribution is 7.45. The van der Waals surface area contributed by atoms with Crippen LogP contribution in [0.1, 0.15) is 341 Å². The third-order valence-corrected chi connectivity index (χ3v) is 17.5. The number of allylic oxidation sites excluding steroid dienone is 15. The Balaban J connectivity index is 4.07. The fourth-order valence-corrected chi connectivity index (χ4v) is 11.5. The van der Waals surface area contributed by atoms with Crippen LogP contribution in [0.2, 0.25) is 0 Å². The molecule has 506 valence electrons. The lowest BCUT2D eigenvalue weighted by atomic mass is 10.0. The van der Waals surface area contributed by atoms with Gasteiger partial charge in [-0.3, -0.25) is 9.36 Å². The molecule has 0 aromatic carbocycles. The molecule has 2 N–H and O–H groups in total. The van der Waals surface area contributed by atoms with E-state index in [1.54, 1.807) is 6.08 Å². The zero-order valence-corrected chi connectivity index (χ0v) is 58.9. The maximum Gasteiger partial charge on any atom is 0.268 e. The Hall–Kier alpha value is -2.58. The minimum Gasteiger partial charge on any atom is -0.756 e. The fraction of sp³-hybridized carbons (Fsp3) is 0.782. The average molecular weight is 1240 g/mol. The van der Waals surface area contributed by atoms with Crippen LogP contribution in [0, 0.1) is 0 Å². The van der Waals surface area contributed by atoms with Gasteiger partial charge in [0.1, 0.15) is 13.2 Å². The summed E-state index contributed by atoms with van der Waals surface area (Å²) in [5.41, 5.74) is 0. The standard InChI is InChI=1S/C78H143N2O6P/c1-6-8-10-12-14-16-18-20-22-24-26-28-30-32-34-36-38-39-40-41-42-44-46-48-50-52-54-56-58-60-62-64-66-68-70-72-78(82)79-76(75-86-87(83,84)85-74-73-80(3,4)5)77(81)71-69-67-65-63-61-59-57-55-53-51-49-47-45-43-37-35-33-31-29-27-25-23-21-19-17-15-13-11-9-7-2/h8,10,14,16,20,22,26,28,32,34,38-39,61,63,69,71,76-77,81H,6-7,9,11-13,15,17-19,21,23-25,27,29-31,33,35-37,40-60,62,64-68,70,72-75H2,1-5H3,(H-,79,82,83,84)/b10-8-,16-14-,22-20-,28-26-,34-32-,39-38-,63-61+,71-69+. The number of rotatable bonds is 68. The molecule has 0 aliphatic carbocycles. The van der Waals surface area contributed by atoms with E-state index in [1.165, 1.54) is 244 Å². The highest BCUT2D eigenvalue weighted by atomic mass is 31.2. The first-order valence-electron chi connectivity index (χ1n) is 37.1. The van der Waals surface area contributed by atoms with E-state index in [2.05, 4.69) is 104 Å². The van der Waals surface area contributed by atoms with Crippen LogP contribution in [0.25, 0.3) is 0 Å². The summed E-state index contributed by atoms with van der Waals surface area (Å²) < 4.78 is 23.5. The summed E-state index contributed by atoms with van der Waals surface area (Å²) in [4.78, 5) is 25.7. The molecule has 0 radical (unpaired) electrons. The zero-order valence-electron chi connectivity index (χ0n) is 58.0. The molecular formula is C78H143N2O6P. The second-order valence-electron chi connectivity index (χ2n) is 26.3. The maximum absolute atomic E-state index is 13.1. The average Bonchev–Trinajstić information content (AvgIpc) is 3.70. The van der Waals surface area contributed by atoms with E-state index < -0.39 is 26.6 Å². The summed E-state index contributed by atoms with van der Waals surface area (Å²) in [7, 11) is 1.25. The van der Waals surface area contributed by atoms with E-state index in [4.69, 9.17) is 9.05 Å². The molecule has 0 aliphatic rings. The van der Waals surface area contributed by atoms with E-state index in [-0.39, 0.29) is 12.5 Å². The summed E-state index contributed by atoms with van der Waals surface area (Å²) in [6.45, 7) is 4.55. The first kappa shape index (κ1) is 84.4. The number of aliphatic hydroxyl groups excluding tert-OH is 1. The van der Waals surface area contributed by atoms with Crippen LogP contribution in [-0.4, -0.2) is 68.5 Å². The smallest absolute Gasteiger partial charge is 0.268 e. The van der Waals surface area contributed by atoms with Crippen molar-refractivity contribution in [3.63, 3.8) is 0 Å². The minimum atomic E-state index is -4.62. The molecule has 87 heavy (non-hydrogen) atoms. The van der Waals surface area contributed by atoms with Crippen molar-refractivity contribution < 1.29 is 32.9 Å². The molecule has 0 aliphatic heterocycles. The molecule has 9 heteroatoms. The zero-order chi connectivity index (χ0) is 63.4. The van der Waals surface area contributed by atoms with Crippen molar-refractivity contribution in [2.75, 3.05) is 40.9 Å². The topological polar surface area (TPSA) is 108 Å². The molecule has 0 saturated carbocycles. The number of aliphatic hydroxyl groups is 1. The molecule has 3 unspecified atom stereocenters. The van der Waals surface area contributed by atoms with Crippen LogP contribution in [-0.2, 0) is 18.4 Å². The Bertz CT molecular complexity index is 1740. The second kappa shape index (κ2) is 67.8. The molecule has 0 bridgehead atoms. The lowest BCUT2D eigenvalue weighted by Crippen LogP contribution is -2.45. The van der Waals surface area contributed by atoms with Crippen molar-refractivity contribution in [1.29, 1.82) is 0 Å². The summed E-state index contributed by atoms with van der Waals surface area (Å²) >= 11 is 0. The normalized spacial score (nSPS) is 14.1. The molecule has 0 fully saturated rings. The van der Waals surface area contributed by atoms with Crippen LogP contribution < -0.4 is 10.2 Å². The number of amides is 1. The Labute approximate surface area is 540 Å². The highest BCUT2D eigenvalue weighted by Gasteiger charge is 2.23. The Morgan fingerprint density at radius 1 is 0.414 bits per heavy atom. The van der Waals surface area contributed by atoms with Gasteiger partial charge in [-0.25, -0.2) is 0 Å². The van der Waals surface area contributed by atoms with Crippen LogP contribution in [0.5, 0.6) is 0 Å². The molecule has 0 aromatic rings. The van der Waals surface area contributed by atoms with Crippen molar-refractivity contribution in [3.05, 3.63) is 97.2 Å². The van der Waals surface area contributed by atoms with Gasteiger partial charge in [-0.1, -0.05) is 349 Å². The van der Waals surface area contributed by atoms with Crippen molar-refractivity contribution in [3.8, 4) is 0 Å². The predicted octanol–water partition coefficient (Wildman–Crippen LogP) is 23.4. The summed E-state index contributed by atoms with van der Waals surface area (Å²) in [6, 6.07) is -0.910. The highest BCUT2D eigenvalue weighted by Crippen LogP contribution is 2.38. The van der Waals surface area contributed by atoms with Gasteiger partial charge >= 0.3 is 0 Å². The number of quaternary nitrogens is 1. The number of likely N-dealkylation sites (N-methyl/N-ethyl adjacent to an activating group) is 1. The van der Waals surface area contributed by atoms with Gasteiger partial charge in [-0.05, 0) is 83.5 Å². The van der Waals surface area contributed by atoms with Gasteiger partial charge in [-0.15, -0.1) is 0 Å². The van der Waals surface area contributed by atoms with Gasteiger partial charge in [0.05, 0.1) is 39.9 Å². The number of hydrogen-bond acceptors (Lipinski definition) is 6. The quantitative estimate of drug-likeness (QED) is 0.0272. The largest absolute Gasteiger partial charge is 0.756 e. The van der Waals surface area contributed by atoms with E-state index in [0.717, 1.165) is 77.0 Å². The van der Waals surface area contributed by atoms with Gasteiger partial charge in [0.25, 0.3) is 7.82 Å². The van der Waals surface area contributed by atoms with Gasteiger partial charge < -0.3 is 28.8 Å². The number of hydrogen-bond donors (Lipinski definition) is 2. The Morgan fingerprint density at radius 3 is 1.07 bits per heavy atom. The summed E-state index contributed by atoms with van der Waals surface area (Å²) in [5, 5.41) is 14.0. The minimum absolute atomic E-state index is 0.00851. The molecule has 0 heterocycles. The number of nitrogens with one attached hydrogen (secondary N) is 1. The molecular weight excluding hydrogens is 1090 g/mol. The number of nitrogens with zero attached hydrogens (tertiary/aromatic N) is 1. The lowest BCUT2D eigenvalue weighted by Gasteiger charge is -2.29. The van der Waals surface area contributed by atoms with E-state index >= 15 is 0 Å². The van der Waals surface area contributed by atoms with Crippen LogP contribution in [0.4, 0.5) is 0 Å². The van der Waals surface area contributed by atoms with Gasteiger partial charge in [0.2, 0.25) is 5.91 Å². The molecule has 0 rings (SSSR count). The van der Waals surface area contributed by atoms with Crippen LogP contribution >= 0.6 is 7.82 Å². The van der Waals surface area contributed by atoms with Gasteiger partial charge in [0, 0.05) is 6.42 Å². The third kappa shape index (κ3) is 70.7. The summed E-state index contributed by atoms with van der Waals surface area (Å²) in [6.07, 6.45) is 98.4. The molecule has 0 aromatic heterocycles. The number of unbranched alkanes of at least 4 members (excludes halogenated alkanes) is 41. The van der Waals surface area contributed by atoms with Gasteiger partial charge in [0.15, 0.2) is 0 Å². The maximum atomic E-state index is 13.1. The van der Waals surface area contributed by atoms with Crippen LogP contribution in [0.15, 0.2) is 97.2 Å². The second-order valence-corrected chi connectivity index (χ2v) is 27.7. The molecule has 8 nitrogen and oxygen atoms in total. The van der Waals surface area contributed by atoms with Crippen molar-refractivity contribution >= 4 is 13.7 Å². The van der Waals surface area contributed by atoms with E-state index in [0.29, 0.717) is 17.4 Å². The fourth-order valence-electron chi connectivity index (χ4n) is 10.8. The Kier molecular flexibility index (Phi) is 65.8. The first-order chi connectivity index (χ1) is 42.5. The monoisotopic (exact) mass is 1240 g/mol.